The number of allylic oxidation sites excluding steroid dienone is 1. The number of carbonyl (C=O) groups is 1. The van der Waals surface area contributed by atoms with Crippen molar-refractivity contribution in [3.05, 3.63) is 95.6 Å². The van der Waals surface area contributed by atoms with Gasteiger partial charge < -0.3 is 14.2 Å². The molecule has 0 saturated carbocycles. The highest BCUT2D eigenvalue weighted by Gasteiger charge is 2.06. The average molecular weight is 399 g/mol. The van der Waals surface area contributed by atoms with Gasteiger partial charge in [-0.05, 0) is 53.6 Å². The molecule has 3 aromatic carbocycles. The number of hydrogen-bond acceptors (Lipinski definition) is 5. The molecule has 0 saturated heterocycles. The molecule has 0 aliphatic heterocycles. The maximum absolute atomic E-state index is 12.5. The Hall–Kier alpha value is -4.04. The summed E-state index contributed by atoms with van der Waals surface area (Å²) in [6.45, 7) is 0.416. The van der Waals surface area contributed by atoms with Crippen molar-refractivity contribution in [3.63, 3.8) is 0 Å². The van der Waals surface area contributed by atoms with Gasteiger partial charge in [-0.3, -0.25) is 4.79 Å². The Bertz CT molecular complexity index is 1050. The molecular weight excluding hydrogens is 378 g/mol. The molecule has 0 amide bonds. The lowest BCUT2D eigenvalue weighted by Crippen LogP contribution is -1.98. The van der Waals surface area contributed by atoms with Crippen LogP contribution in [0.5, 0.6) is 17.2 Å². The number of ether oxygens (including phenoxy) is 3. The normalized spacial score (nSPS) is 10.4. The van der Waals surface area contributed by atoms with Crippen LogP contribution in [0.1, 0.15) is 21.5 Å². The summed E-state index contributed by atoms with van der Waals surface area (Å²) in [7, 11) is 1.52. The van der Waals surface area contributed by atoms with E-state index in [4.69, 9.17) is 19.5 Å². The first kappa shape index (κ1) is 20.7. The van der Waals surface area contributed by atoms with Gasteiger partial charge in [-0.25, -0.2) is 0 Å². The molecule has 0 radical (unpaired) electrons. The minimum atomic E-state index is -0.117. The van der Waals surface area contributed by atoms with E-state index in [1.54, 1.807) is 48.5 Å². The number of rotatable bonds is 9. The number of benzene rings is 3. The van der Waals surface area contributed by atoms with Crippen LogP contribution in [0.2, 0.25) is 0 Å². The van der Waals surface area contributed by atoms with E-state index in [1.165, 1.54) is 13.2 Å². The summed E-state index contributed by atoms with van der Waals surface area (Å²) < 4.78 is 16.3. The predicted octanol–water partition coefficient (Wildman–Crippen LogP) is 5.07. The minimum Gasteiger partial charge on any atom is -0.493 e. The fourth-order valence-electron chi connectivity index (χ4n) is 2.74. The third kappa shape index (κ3) is 5.73. The Morgan fingerprint density at radius 3 is 2.43 bits per heavy atom. The van der Waals surface area contributed by atoms with Crippen LogP contribution >= 0.6 is 0 Å². The number of carbonyl (C=O) groups excluding carboxylic acids is 1. The van der Waals surface area contributed by atoms with Gasteiger partial charge in [0.05, 0.1) is 7.11 Å². The molecule has 0 bridgehead atoms. The SMILES string of the molecule is COc1cc(/C=C/C(=O)c2ccc(OCc3ccccc3)cc2)ccc1OCC#N. The maximum atomic E-state index is 12.5. The summed E-state index contributed by atoms with van der Waals surface area (Å²) in [5.74, 6) is 1.57. The van der Waals surface area contributed by atoms with Gasteiger partial charge >= 0.3 is 0 Å². The molecule has 0 unspecified atom stereocenters. The Kier molecular flexibility index (Phi) is 7.23. The van der Waals surface area contributed by atoms with E-state index < -0.39 is 0 Å². The second-order valence-electron chi connectivity index (χ2n) is 6.35. The van der Waals surface area contributed by atoms with Crippen molar-refractivity contribution in [1.82, 2.24) is 0 Å². The first-order chi connectivity index (χ1) is 14.7. The van der Waals surface area contributed by atoms with Crippen LogP contribution in [-0.2, 0) is 6.61 Å². The molecule has 3 rings (SSSR count). The number of ketones is 1. The van der Waals surface area contributed by atoms with Crippen LogP contribution in [0.25, 0.3) is 6.08 Å². The summed E-state index contributed by atoms with van der Waals surface area (Å²) in [6, 6.07) is 24.1. The summed E-state index contributed by atoms with van der Waals surface area (Å²) in [4.78, 5) is 12.5. The van der Waals surface area contributed by atoms with Gasteiger partial charge in [0.25, 0.3) is 0 Å². The lowest BCUT2D eigenvalue weighted by molar-refractivity contribution is 0.104. The van der Waals surface area contributed by atoms with Crippen molar-refractivity contribution < 1.29 is 19.0 Å². The van der Waals surface area contributed by atoms with Crippen LogP contribution in [0.4, 0.5) is 0 Å². The first-order valence-electron chi connectivity index (χ1n) is 9.36. The molecule has 0 aromatic heterocycles. The summed E-state index contributed by atoms with van der Waals surface area (Å²) in [6.07, 6.45) is 3.21. The molecule has 5 heteroatoms. The van der Waals surface area contributed by atoms with Crippen molar-refractivity contribution in [2.75, 3.05) is 13.7 Å². The molecule has 5 nitrogen and oxygen atoms in total. The van der Waals surface area contributed by atoms with Crippen molar-refractivity contribution in [3.8, 4) is 23.3 Å². The molecule has 0 heterocycles. The number of hydrogen-bond donors (Lipinski definition) is 0. The topological polar surface area (TPSA) is 68.6 Å². The van der Waals surface area contributed by atoms with Crippen LogP contribution < -0.4 is 14.2 Å². The smallest absolute Gasteiger partial charge is 0.185 e. The highest BCUT2D eigenvalue weighted by molar-refractivity contribution is 6.06. The Labute approximate surface area is 175 Å². The van der Waals surface area contributed by atoms with Gasteiger partial charge in [0, 0.05) is 5.56 Å². The standard InChI is InChI=1S/C25H21NO4/c1-28-25-17-19(8-14-24(25)29-16-15-26)7-13-23(27)21-9-11-22(12-10-21)30-18-20-5-3-2-4-6-20/h2-14,17H,16,18H2,1H3/b13-7+. The minimum absolute atomic E-state index is 0.0604. The zero-order chi connectivity index (χ0) is 21.2. The van der Waals surface area contributed by atoms with Gasteiger partial charge in [0.15, 0.2) is 23.9 Å². The van der Waals surface area contributed by atoms with E-state index in [1.807, 2.05) is 36.4 Å². The van der Waals surface area contributed by atoms with Crippen molar-refractivity contribution in [2.45, 2.75) is 6.61 Å². The van der Waals surface area contributed by atoms with Gasteiger partial charge in [0.2, 0.25) is 0 Å². The molecular formula is C25H21NO4. The highest BCUT2D eigenvalue weighted by atomic mass is 16.5. The van der Waals surface area contributed by atoms with Crippen LogP contribution in [0, 0.1) is 11.3 Å². The van der Waals surface area contributed by atoms with Crippen LogP contribution in [-0.4, -0.2) is 19.5 Å². The molecule has 0 atom stereocenters. The van der Waals surface area contributed by atoms with Gasteiger partial charge in [-0.1, -0.05) is 42.5 Å². The molecule has 150 valence electrons. The largest absolute Gasteiger partial charge is 0.493 e. The van der Waals surface area contributed by atoms with Gasteiger partial charge in [0.1, 0.15) is 18.4 Å². The Morgan fingerprint density at radius 2 is 1.73 bits per heavy atom. The van der Waals surface area contributed by atoms with E-state index in [9.17, 15) is 4.79 Å². The zero-order valence-electron chi connectivity index (χ0n) is 16.6. The number of nitriles is 1. The van der Waals surface area contributed by atoms with Crippen molar-refractivity contribution in [2.24, 2.45) is 0 Å². The zero-order valence-corrected chi connectivity index (χ0v) is 16.6. The molecule has 30 heavy (non-hydrogen) atoms. The van der Waals surface area contributed by atoms with Crippen molar-refractivity contribution >= 4 is 11.9 Å². The first-order valence-corrected chi connectivity index (χ1v) is 9.36. The van der Waals surface area contributed by atoms with Gasteiger partial charge in [-0.2, -0.15) is 5.26 Å². The number of nitrogens with zero attached hydrogens (tertiary/aromatic N) is 1. The van der Waals surface area contributed by atoms with E-state index in [0.29, 0.717) is 29.4 Å². The monoisotopic (exact) mass is 399 g/mol. The van der Waals surface area contributed by atoms with E-state index in [-0.39, 0.29) is 12.4 Å². The fraction of sp³-hybridized carbons (Fsp3) is 0.120. The van der Waals surface area contributed by atoms with Crippen molar-refractivity contribution in [1.29, 1.82) is 5.26 Å². The predicted molar refractivity (Wildman–Crippen MR) is 115 cm³/mol. The third-order valence-corrected chi connectivity index (χ3v) is 4.29. The third-order valence-electron chi connectivity index (χ3n) is 4.29. The quantitative estimate of drug-likeness (QED) is 0.371. The number of methoxy groups -OCH3 is 1. The molecule has 0 N–H and O–H groups in total. The summed E-state index contributed by atoms with van der Waals surface area (Å²) in [5, 5.41) is 8.63. The second kappa shape index (κ2) is 10.5. The van der Waals surface area contributed by atoms with Crippen LogP contribution in [0.3, 0.4) is 0 Å². The van der Waals surface area contributed by atoms with E-state index in [2.05, 4.69) is 0 Å². The molecule has 3 aromatic rings. The average Bonchev–Trinajstić information content (AvgIpc) is 2.81. The summed E-state index contributed by atoms with van der Waals surface area (Å²) >= 11 is 0. The molecule has 0 aliphatic carbocycles. The fourth-order valence-corrected chi connectivity index (χ4v) is 2.74. The lowest BCUT2D eigenvalue weighted by Gasteiger charge is -2.08. The summed E-state index contributed by atoms with van der Waals surface area (Å²) in [5.41, 5.74) is 2.44. The maximum Gasteiger partial charge on any atom is 0.185 e. The lowest BCUT2D eigenvalue weighted by atomic mass is 10.1. The van der Waals surface area contributed by atoms with Crippen LogP contribution in [0.15, 0.2) is 78.9 Å². The Balaban J connectivity index is 1.61. The van der Waals surface area contributed by atoms with Gasteiger partial charge in [-0.15, -0.1) is 0 Å². The van der Waals surface area contributed by atoms with E-state index >= 15 is 0 Å². The molecule has 0 spiro atoms. The van der Waals surface area contributed by atoms with E-state index in [0.717, 1.165) is 11.1 Å². The highest BCUT2D eigenvalue weighted by Crippen LogP contribution is 2.28. The second-order valence-corrected chi connectivity index (χ2v) is 6.35. The molecule has 0 fully saturated rings. The Morgan fingerprint density at radius 1 is 0.967 bits per heavy atom. The molecule has 0 aliphatic rings.